The van der Waals surface area contributed by atoms with Crippen molar-refractivity contribution in [3.8, 4) is 0 Å². The van der Waals surface area contributed by atoms with Crippen LogP contribution in [0, 0.1) is 0 Å². The van der Waals surface area contributed by atoms with Gasteiger partial charge in [-0.05, 0) is 31.0 Å². The van der Waals surface area contributed by atoms with E-state index in [2.05, 4.69) is 20.2 Å². The lowest BCUT2D eigenvalue weighted by Crippen LogP contribution is -2.20. The van der Waals surface area contributed by atoms with E-state index in [1.54, 1.807) is 24.4 Å². The number of benzene rings is 1. The van der Waals surface area contributed by atoms with Crippen LogP contribution in [0.4, 0.5) is 17.5 Å². The van der Waals surface area contributed by atoms with Crippen LogP contribution >= 0.6 is 23.2 Å². The summed E-state index contributed by atoms with van der Waals surface area (Å²) in [7, 11) is 0. The highest BCUT2D eigenvalue weighted by Crippen LogP contribution is 2.32. The lowest BCUT2D eigenvalue weighted by Gasteiger charge is -2.16. The van der Waals surface area contributed by atoms with Crippen molar-refractivity contribution in [1.29, 1.82) is 0 Å². The maximum Gasteiger partial charge on any atom is 0.227 e. The zero-order chi connectivity index (χ0) is 13.9. The van der Waals surface area contributed by atoms with Crippen LogP contribution in [-0.2, 0) is 0 Å². The number of nitrogens with one attached hydrogen (secondary N) is 1. The van der Waals surface area contributed by atoms with Gasteiger partial charge in [-0.1, -0.05) is 29.3 Å². The molecule has 0 bridgehead atoms. The summed E-state index contributed by atoms with van der Waals surface area (Å²) in [4.78, 5) is 11.0. The van der Waals surface area contributed by atoms with Crippen molar-refractivity contribution in [1.82, 2.24) is 9.97 Å². The van der Waals surface area contributed by atoms with E-state index in [4.69, 9.17) is 23.2 Å². The number of rotatable bonds is 3. The first-order valence-corrected chi connectivity index (χ1v) is 7.29. The highest BCUT2D eigenvalue weighted by Gasteiger charge is 2.15. The minimum absolute atomic E-state index is 0.568. The van der Waals surface area contributed by atoms with Gasteiger partial charge in [0.15, 0.2) is 0 Å². The van der Waals surface area contributed by atoms with Crippen molar-refractivity contribution in [2.45, 2.75) is 12.8 Å². The Labute approximate surface area is 127 Å². The summed E-state index contributed by atoms with van der Waals surface area (Å²) in [5.41, 5.74) is 0.668. The van der Waals surface area contributed by atoms with E-state index in [0.717, 1.165) is 19.0 Å². The molecule has 0 unspecified atom stereocenters. The fraction of sp³-hybridized carbons (Fsp3) is 0.286. The van der Waals surface area contributed by atoms with Crippen LogP contribution in [0.3, 0.4) is 0 Å². The first-order chi connectivity index (χ1) is 9.74. The van der Waals surface area contributed by atoms with Gasteiger partial charge in [-0.2, -0.15) is 4.98 Å². The zero-order valence-electron chi connectivity index (χ0n) is 10.8. The van der Waals surface area contributed by atoms with Gasteiger partial charge in [0.05, 0.1) is 15.7 Å². The molecule has 0 atom stereocenters. The topological polar surface area (TPSA) is 41.1 Å². The number of hydrogen-bond acceptors (Lipinski definition) is 4. The van der Waals surface area contributed by atoms with Gasteiger partial charge in [-0.25, -0.2) is 4.98 Å². The average molecular weight is 309 g/mol. The first-order valence-electron chi connectivity index (χ1n) is 6.53. The summed E-state index contributed by atoms with van der Waals surface area (Å²) < 4.78 is 0. The van der Waals surface area contributed by atoms with E-state index in [1.807, 2.05) is 6.07 Å². The predicted octanol–water partition coefficient (Wildman–Crippen LogP) is 4.13. The third kappa shape index (κ3) is 2.81. The SMILES string of the molecule is Clc1cccc(Cl)c1Nc1ccnc(N2CCCC2)n1. The fourth-order valence-electron chi connectivity index (χ4n) is 2.23. The van der Waals surface area contributed by atoms with E-state index in [9.17, 15) is 0 Å². The molecule has 0 aliphatic carbocycles. The summed E-state index contributed by atoms with van der Waals surface area (Å²) in [5.74, 6) is 1.44. The molecule has 20 heavy (non-hydrogen) atoms. The standard InChI is InChI=1S/C14H14Cl2N4/c15-10-4-3-5-11(16)13(10)18-12-6-7-17-14(19-12)20-8-1-2-9-20/h3-7H,1-2,8-9H2,(H,17,18,19). The van der Waals surface area contributed by atoms with Crippen LogP contribution in [-0.4, -0.2) is 23.1 Å². The van der Waals surface area contributed by atoms with E-state index in [-0.39, 0.29) is 0 Å². The maximum atomic E-state index is 6.15. The Morgan fingerprint density at radius 1 is 1.05 bits per heavy atom. The van der Waals surface area contributed by atoms with Gasteiger partial charge in [0.2, 0.25) is 5.95 Å². The van der Waals surface area contributed by atoms with E-state index in [1.165, 1.54) is 12.8 Å². The molecule has 2 heterocycles. The molecule has 6 heteroatoms. The monoisotopic (exact) mass is 308 g/mol. The fourth-order valence-corrected chi connectivity index (χ4v) is 2.72. The molecule has 1 N–H and O–H groups in total. The third-order valence-electron chi connectivity index (χ3n) is 3.25. The third-order valence-corrected chi connectivity index (χ3v) is 3.88. The van der Waals surface area contributed by atoms with E-state index in [0.29, 0.717) is 21.6 Å². The summed E-state index contributed by atoms with van der Waals surface area (Å²) in [6.07, 6.45) is 4.13. The average Bonchev–Trinajstić information content (AvgIpc) is 2.98. The molecular formula is C14H14Cl2N4. The molecule has 0 amide bonds. The van der Waals surface area contributed by atoms with Gasteiger partial charge < -0.3 is 10.2 Å². The minimum Gasteiger partial charge on any atom is -0.341 e. The van der Waals surface area contributed by atoms with Crippen LogP contribution in [0.25, 0.3) is 0 Å². The normalized spacial score (nSPS) is 14.6. The molecule has 1 fully saturated rings. The number of nitrogens with zero attached hydrogens (tertiary/aromatic N) is 3. The Balaban J connectivity index is 1.85. The van der Waals surface area contributed by atoms with Crippen LogP contribution < -0.4 is 10.2 Å². The molecule has 1 aliphatic heterocycles. The summed E-state index contributed by atoms with van der Waals surface area (Å²) >= 11 is 12.3. The molecule has 0 spiro atoms. The number of halogens is 2. The smallest absolute Gasteiger partial charge is 0.227 e. The van der Waals surface area contributed by atoms with Crippen molar-refractivity contribution < 1.29 is 0 Å². The zero-order valence-corrected chi connectivity index (χ0v) is 12.3. The Kier molecular flexibility index (Phi) is 3.94. The van der Waals surface area contributed by atoms with Crippen molar-refractivity contribution in [3.63, 3.8) is 0 Å². The Morgan fingerprint density at radius 3 is 2.45 bits per heavy atom. The second-order valence-corrected chi connectivity index (χ2v) is 5.47. The lowest BCUT2D eigenvalue weighted by molar-refractivity contribution is 0.900. The molecule has 2 aromatic rings. The summed E-state index contributed by atoms with van der Waals surface area (Å²) in [6.45, 7) is 2.02. The Bertz CT molecular complexity index is 592. The first kappa shape index (κ1) is 13.5. The lowest BCUT2D eigenvalue weighted by atomic mass is 10.3. The minimum atomic E-state index is 0.568. The van der Waals surface area contributed by atoms with Gasteiger partial charge in [0, 0.05) is 19.3 Å². The van der Waals surface area contributed by atoms with Crippen LogP contribution in [0.15, 0.2) is 30.5 Å². The molecular weight excluding hydrogens is 295 g/mol. The van der Waals surface area contributed by atoms with E-state index >= 15 is 0 Å². The molecule has 1 aromatic carbocycles. The second-order valence-electron chi connectivity index (χ2n) is 4.66. The maximum absolute atomic E-state index is 6.15. The second kappa shape index (κ2) is 5.85. The largest absolute Gasteiger partial charge is 0.341 e. The molecule has 0 radical (unpaired) electrons. The number of anilines is 3. The summed E-state index contributed by atoms with van der Waals surface area (Å²) in [5, 5.41) is 4.30. The number of hydrogen-bond donors (Lipinski definition) is 1. The molecule has 4 nitrogen and oxygen atoms in total. The van der Waals surface area contributed by atoms with Gasteiger partial charge >= 0.3 is 0 Å². The van der Waals surface area contributed by atoms with Gasteiger partial charge in [-0.15, -0.1) is 0 Å². The van der Waals surface area contributed by atoms with E-state index < -0.39 is 0 Å². The van der Waals surface area contributed by atoms with Gasteiger partial charge in [0.1, 0.15) is 5.82 Å². The van der Waals surface area contributed by atoms with Crippen LogP contribution in [0.2, 0.25) is 10.0 Å². The number of aromatic nitrogens is 2. The van der Waals surface area contributed by atoms with Gasteiger partial charge in [-0.3, -0.25) is 0 Å². The molecule has 1 saturated heterocycles. The predicted molar refractivity (Wildman–Crippen MR) is 83.2 cm³/mol. The highest BCUT2D eigenvalue weighted by molar-refractivity contribution is 6.39. The Hall–Kier alpha value is -1.52. The Morgan fingerprint density at radius 2 is 1.75 bits per heavy atom. The van der Waals surface area contributed by atoms with Crippen molar-refractivity contribution in [2.75, 3.05) is 23.3 Å². The van der Waals surface area contributed by atoms with Crippen LogP contribution in [0.1, 0.15) is 12.8 Å². The molecule has 1 aromatic heterocycles. The molecule has 104 valence electrons. The van der Waals surface area contributed by atoms with Crippen LogP contribution in [0.5, 0.6) is 0 Å². The molecule has 1 aliphatic rings. The van der Waals surface area contributed by atoms with Crippen molar-refractivity contribution in [3.05, 3.63) is 40.5 Å². The molecule has 3 rings (SSSR count). The van der Waals surface area contributed by atoms with Crippen molar-refractivity contribution >= 4 is 40.7 Å². The van der Waals surface area contributed by atoms with Crippen molar-refractivity contribution in [2.24, 2.45) is 0 Å². The highest BCUT2D eigenvalue weighted by atomic mass is 35.5. The van der Waals surface area contributed by atoms with Gasteiger partial charge in [0.25, 0.3) is 0 Å². The summed E-state index contributed by atoms with van der Waals surface area (Å²) in [6, 6.07) is 7.20. The number of para-hydroxylation sites is 1. The quantitative estimate of drug-likeness (QED) is 0.925. The molecule has 0 saturated carbocycles.